The summed E-state index contributed by atoms with van der Waals surface area (Å²) in [5, 5.41) is 6.29. The van der Waals surface area contributed by atoms with Gasteiger partial charge in [0.05, 0.1) is 26.4 Å². The predicted molar refractivity (Wildman–Crippen MR) is 94.8 cm³/mol. The van der Waals surface area contributed by atoms with Crippen LogP contribution in [-0.2, 0) is 9.59 Å². The number of hydrogen-bond acceptors (Lipinski definition) is 2. The van der Waals surface area contributed by atoms with Gasteiger partial charge in [-0.2, -0.15) is 0 Å². The molecule has 0 fully saturated rings. The van der Waals surface area contributed by atoms with Gasteiger partial charge in [0.2, 0.25) is 11.8 Å². The maximum Gasteiger partial charge on any atom is 0.233 e. The summed E-state index contributed by atoms with van der Waals surface area (Å²) in [6, 6.07) is 9.44. The summed E-state index contributed by atoms with van der Waals surface area (Å²) in [6.07, 6.45) is -0.411. The van der Waals surface area contributed by atoms with E-state index in [1.807, 2.05) is 0 Å². The Morgan fingerprint density at radius 3 is 2.17 bits per heavy atom. The van der Waals surface area contributed by atoms with E-state index in [-0.39, 0.29) is 5.02 Å². The van der Waals surface area contributed by atoms with Gasteiger partial charge in [-0.25, -0.2) is 0 Å². The quantitative estimate of drug-likeness (QED) is 0.697. The van der Waals surface area contributed by atoms with Crippen LogP contribution in [0.4, 0.5) is 11.4 Å². The van der Waals surface area contributed by atoms with Crippen molar-refractivity contribution in [3.8, 4) is 0 Å². The lowest BCUT2D eigenvalue weighted by Gasteiger charge is -2.09. The van der Waals surface area contributed by atoms with Crippen LogP contribution < -0.4 is 10.6 Å². The fraction of sp³-hybridized carbons (Fsp3) is 0.0667. The van der Waals surface area contributed by atoms with Crippen molar-refractivity contribution >= 4 is 69.6 Å². The van der Waals surface area contributed by atoms with Crippen LogP contribution >= 0.6 is 46.4 Å². The Hall–Kier alpha value is -1.46. The molecule has 2 rings (SSSR count). The van der Waals surface area contributed by atoms with Crippen LogP contribution in [0.5, 0.6) is 0 Å². The van der Waals surface area contributed by atoms with Gasteiger partial charge in [0.15, 0.2) is 0 Å². The van der Waals surface area contributed by atoms with Crippen LogP contribution in [0.25, 0.3) is 0 Å². The summed E-state index contributed by atoms with van der Waals surface area (Å²) in [4.78, 5) is 23.8. The highest BCUT2D eigenvalue weighted by Crippen LogP contribution is 2.29. The second-order valence-corrected chi connectivity index (χ2v) is 6.13. The zero-order valence-corrected chi connectivity index (χ0v) is 14.5. The van der Waals surface area contributed by atoms with Gasteiger partial charge >= 0.3 is 0 Å². The van der Waals surface area contributed by atoms with Crippen LogP contribution in [0.15, 0.2) is 36.4 Å². The first kappa shape index (κ1) is 17.9. The molecule has 4 nitrogen and oxygen atoms in total. The van der Waals surface area contributed by atoms with E-state index in [0.29, 0.717) is 26.4 Å². The summed E-state index contributed by atoms with van der Waals surface area (Å²) in [7, 11) is 0. The molecule has 0 unspecified atom stereocenters. The van der Waals surface area contributed by atoms with E-state index in [1.165, 1.54) is 6.07 Å². The molecule has 120 valence electrons. The third-order valence-corrected chi connectivity index (χ3v) is 4.13. The molecule has 0 aromatic heterocycles. The fourth-order valence-electron chi connectivity index (χ4n) is 1.73. The molecular formula is C15H10Cl4N2O2. The number of rotatable bonds is 4. The van der Waals surface area contributed by atoms with Crippen LogP contribution in [-0.4, -0.2) is 11.8 Å². The second kappa shape index (κ2) is 7.88. The highest BCUT2D eigenvalue weighted by Gasteiger charge is 2.14. The molecule has 0 spiro atoms. The zero-order valence-electron chi connectivity index (χ0n) is 11.5. The van der Waals surface area contributed by atoms with Crippen LogP contribution in [0.1, 0.15) is 6.42 Å². The normalized spacial score (nSPS) is 10.3. The Labute approximate surface area is 152 Å². The van der Waals surface area contributed by atoms with E-state index >= 15 is 0 Å². The first-order chi connectivity index (χ1) is 10.9. The highest BCUT2D eigenvalue weighted by molar-refractivity contribution is 6.44. The number of hydrogen-bond donors (Lipinski definition) is 2. The highest BCUT2D eigenvalue weighted by atomic mass is 35.5. The Kier molecular flexibility index (Phi) is 6.13. The molecule has 0 bridgehead atoms. The molecule has 8 heteroatoms. The monoisotopic (exact) mass is 390 g/mol. The molecule has 2 N–H and O–H groups in total. The summed E-state index contributed by atoms with van der Waals surface area (Å²) >= 11 is 23.6. The molecular weight excluding hydrogens is 382 g/mol. The smallest absolute Gasteiger partial charge is 0.233 e. The standard InChI is InChI=1S/C15H10Cl4N2O2/c16-8-4-5-9(17)12(6-8)21-14(23)7-13(22)20-11-3-1-2-10(18)15(11)19/h1-6H,7H2,(H,20,22)(H,21,23). The minimum absolute atomic E-state index is 0.209. The number of anilines is 2. The SMILES string of the molecule is O=C(CC(=O)Nc1cccc(Cl)c1Cl)Nc1cc(Cl)ccc1Cl. The van der Waals surface area contributed by atoms with Crippen molar-refractivity contribution in [2.24, 2.45) is 0 Å². The van der Waals surface area contributed by atoms with Gasteiger partial charge in [0, 0.05) is 5.02 Å². The van der Waals surface area contributed by atoms with Crippen LogP contribution in [0, 0.1) is 0 Å². The number of amides is 2. The van der Waals surface area contributed by atoms with Gasteiger partial charge in [-0.05, 0) is 30.3 Å². The fourth-order valence-corrected chi connectivity index (χ4v) is 2.41. The van der Waals surface area contributed by atoms with Gasteiger partial charge in [-0.3, -0.25) is 9.59 Å². The third-order valence-electron chi connectivity index (χ3n) is 2.75. The maximum atomic E-state index is 11.9. The average Bonchev–Trinajstić information content (AvgIpc) is 2.47. The molecule has 0 atom stereocenters. The number of carbonyl (C=O) groups excluding carboxylic acids is 2. The van der Waals surface area contributed by atoms with E-state index in [1.54, 1.807) is 30.3 Å². The van der Waals surface area contributed by atoms with Crippen molar-refractivity contribution in [1.29, 1.82) is 0 Å². The molecule has 0 heterocycles. The Bertz CT molecular complexity index is 751. The van der Waals surface area contributed by atoms with Crippen molar-refractivity contribution in [3.63, 3.8) is 0 Å². The number of halogens is 4. The first-order valence-corrected chi connectivity index (χ1v) is 7.87. The predicted octanol–water partition coefficient (Wildman–Crippen LogP) is 5.27. The summed E-state index contributed by atoms with van der Waals surface area (Å²) in [6.45, 7) is 0. The molecule has 2 aromatic rings. The summed E-state index contributed by atoms with van der Waals surface area (Å²) < 4.78 is 0. The Balaban J connectivity index is 1.98. The molecule has 0 aliphatic carbocycles. The topological polar surface area (TPSA) is 58.2 Å². The van der Waals surface area contributed by atoms with Crippen molar-refractivity contribution in [2.45, 2.75) is 6.42 Å². The lowest BCUT2D eigenvalue weighted by molar-refractivity contribution is -0.123. The van der Waals surface area contributed by atoms with Crippen LogP contribution in [0.2, 0.25) is 20.1 Å². The van der Waals surface area contributed by atoms with E-state index < -0.39 is 18.2 Å². The van der Waals surface area contributed by atoms with E-state index in [4.69, 9.17) is 46.4 Å². The van der Waals surface area contributed by atoms with Gasteiger partial charge in [-0.1, -0.05) is 52.5 Å². The first-order valence-electron chi connectivity index (χ1n) is 6.35. The molecule has 2 amide bonds. The van der Waals surface area contributed by atoms with Gasteiger partial charge in [-0.15, -0.1) is 0 Å². The van der Waals surface area contributed by atoms with Crippen molar-refractivity contribution in [2.75, 3.05) is 10.6 Å². The molecule has 0 aliphatic heterocycles. The minimum atomic E-state index is -0.537. The van der Waals surface area contributed by atoms with Gasteiger partial charge < -0.3 is 10.6 Å². The maximum absolute atomic E-state index is 11.9. The third kappa shape index (κ3) is 5.01. The lowest BCUT2D eigenvalue weighted by atomic mass is 10.2. The van der Waals surface area contributed by atoms with Crippen molar-refractivity contribution in [1.82, 2.24) is 0 Å². The Morgan fingerprint density at radius 1 is 0.826 bits per heavy atom. The summed E-state index contributed by atoms with van der Waals surface area (Å²) in [5.41, 5.74) is 0.663. The molecule has 0 saturated heterocycles. The second-order valence-electron chi connectivity index (χ2n) is 4.50. The number of nitrogens with one attached hydrogen (secondary N) is 2. The molecule has 0 aliphatic rings. The largest absolute Gasteiger partial charge is 0.324 e. The number of carbonyl (C=O) groups is 2. The van der Waals surface area contributed by atoms with E-state index in [9.17, 15) is 9.59 Å². The van der Waals surface area contributed by atoms with Crippen molar-refractivity contribution < 1.29 is 9.59 Å². The zero-order chi connectivity index (χ0) is 17.0. The molecule has 0 saturated carbocycles. The molecule has 0 radical (unpaired) electrons. The van der Waals surface area contributed by atoms with E-state index in [0.717, 1.165) is 0 Å². The van der Waals surface area contributed by atoms with Gasteiger partial charge in [0.25, 0.3) is 0 Å². The van der Waals surface area contributed by atoms with Crippen LogP contribution in [0.3, 0.4) is 0 Å². The Morgan fingerprint density at radius 2 is 1.48 bits per heavy atom. The summed E-state index contributed by atoms with van der Waals surface area (Å²) in [5.74, 6) is -1.07. The van der Waals surface area contributed by atoms with Gasteiger partial charge in [0.1, 0.15) is 6.42 Å². The average molecular weight is 392 g/mol. The molecule has 23 heavy (non-hydrogen) atoms. The lowest BCUT2D eigenvalue weighted by Crippen LogP contribution is -2.21. The van der Waals surface area contributed by atoms with Crippen molar-refractivity contribution in [3.05, 3.63) is 56.5 Å². The molecule has 2 aromatic carbocycles. The number of benzene rings is 2. The minimum Gasteiger partial charge on any atom is -0.324 e. The van der Waals surface area contributed by atoms with E-state index in [2.05, 4.69) is 10.6 Å².